The summed E-state index contributed by atoms with van der Waals surface area (Å²) in [7, 11) is 0. The molecule has 0 radical (unpaired) electrons. The fourth-order valence-electron chi connectivity index (χ4n) is 8.50. The van der Waals surface area contributed by atoms with E-state index in [0.29, 0.717) is 0 Å². The lowest BCUT2D eigenvalue weighted by molar-refractivity contribution is 0.669. The largest absolute Gasteiger partial charge is 0.454 e. The number of hydrogen-bond donors (Lipinski definition) is 0. The second kappa shape index (κ2) is 13.6. The zero-order chi connectivity index (χ0) is 37.7. The fraction of sp³-hybridized carbons (Fsp3) is 0. The second-order valence-corrected chi connectivity index (χ2v) is 14.5. The van der Waals surface area contributed by atoms with E-state index in [1.54, 1.807) is 0 Å². The van der Waals surface area contributed by atoms with Gasteiger partial charge in [-0.2, -0.15) is 0 Å². The maximum atomic E-state index is 6.96. The van der Waals surface area contributed by atoms with Gasteiger partial charge in [0, 0.05) is 38.6 Å². The molecule has 0 fully saturated rings. The summed E-state index contributed by atoms with van der Waals surface area (Å²) in [6.07, 6.45) is 0. The predicted molar refractivity (Wildman–Crippen MR) is 239 cm³/mol. The van der Waals surface area contributed by atoms with Gasteiger partial charge in [0.25, 0.3) is 0 Å². The van der Waals surface area contributed by atoms with Gasteiger partial charge in [0.15, 0.2) is 5.58 Å². The van der Waals surface area contributed by atoms with Crippen LogP contribution < -0.4 is 4.90 Å². The fourth-order valence-corrected chi connectivity index (χ4v) is 8.50. The first-order valence-electron chi connectivity index (χ1n) is 19.4. The van der Waals surface area contributed by atoms with E-state index in [2.05, 4.69) is 228 Å². The minimum atomic E-state index is 0.854. The van der Waals surface area contributed by atoms with E-state index in [9.17, 15) is 0 Å². The molecule has 0 aliphatic rings. The van der Waals surface area contributed by atoms with Crippen molar-refractivity contribution in [1.29, 1.82) is 0 Å². The van der Waals surface area contributed by atoms with Crippen LogP contribution in [0.4, 0.5) is 17.1 Å². The Labute approximate surface area is 330 Å². The molecule has 11 aromatic rings. The van der Waals surface area contributed by atoms with Crippen molar-refractivity contribution in [2.45, 2.75) is 0 Å². The van der Waals surface area contributed by atoms with Crippen molar-refractivity contribution in [3.8, 4) is 39.1 Å². The van der Waals surface area contributed by atoms with E-state index in [4.69, 9.17) is 4.42 Å². The maximum Gasteiger partial charge on any atom is 0.160 e. The first-order valence-corrected chi connectivity index (χ1v) is 19.4. The summed E-state index contributed by atoms with van der Waals surface area (Å²) >= 11 is 0. The number of furan rings is 1. The predicted octanol–water partition coefficient (Wildman–Crippen LogP) is 15.2. The molecule has 57 heavy (non-hydrogen) atoms. The van der Waals surface area contributed by atoms with Crippen molar-refractivity contribution in [3.05, 3.63) is 218 Å². The Hall–Kier alpha value is -7.62. The molecule has 0 spiro atoms. The normalized spacial score (nSPS) is 11.5. The number of nitrogens with zero attached hydrogens (tertiary/aromatic N) is 2. The summed E-state index contributed by atoms with van der Waals surface area (Å²) in [6.45, 7) is 0. The molecule has 0 aliphatic heterocycles. The molecule has 0 aliphatic carbocycles. The maximum absolute atomic E-state index is 6.96. The summed E-state index contributed by atoms with van der Waals surface area (Å²) in [6, 6.07) is 77.9. The Morgan fingerprint density at radius 1 is 0.351 bits per heavy atom. The minimum Gasteiger partial charge on any atom is -0.454 e. The molecule has 0 atom stereocenters. The molecular weight excluding hydrogens is 693 g/mol. The Morgan fingerprint density at radius 3 is 1.35 bits per heavy atom. The van der Waals surface area contributed by atoms with Gasteiger partial charge < -0.3 is 13.9 Å². The van der Waals surface area contributed by atoms with Crippen LogP contribution in [-0.4, -0.2) is 4.57 Å². The zero-order valence-electron chi connectivity index (χ0n) is 31.1. The quantitative estimate of drug-likeness (QED) is 0.163. The first kappa shape index (κ1) is 32.8. The molecule has 2 aromatic heterocycles. The van der Waals surface area contributed by atoms with E-state index >= 15 is 0 Å². The van der Waals surface area contributed by atoms with Gasteiger partial charge in [-0.1, -0.05) is 164 Å². The third-order valence-corrected chi connectivity index (χ3v) is 11.2. The van der Waals surface area contributed by atoms with Crippen molar-refractivity contribution in [2.24, 2.45) is 0 Å². The average Bonchev–Trinajstić information content (AvgIpc) is 3.84. The van der Waals surface area contributed by atoms with Gasteiger partial charge in [0.1, 0.15) is 5.58 Å². The highest BCUT2D eigenvalue weighted by Gasteiger charge is 2.25. The van der Waals surface area contributed by atoms with Gasteiger partial charge in [-0.05, 0) is 88.0 Å². The van der Waals surface area contributed by atoms with Crippen LogP contribution in [-0.2, 0) is 0 Å². The second-order valence-electron chi connectivity index (χ2n) is 14.5. The number of fused-ring (bicyclic) bond motifs is 7. The molecule has 3 heteroatoms. The number of anilines is 3. The van der Waals surface area contributed by atoms with Crippen molar-refractivity contribution in [3.63, 3.8) is 0 Å². The first-order chi connectivity index (χ1) is 28.3. The number of rotatable bonds is 7. The number of hydrogen-bond acceptors (Lipinski definition) is 2. The minimum absolute atomic E-state index is 0.854. The number of para-hydroxylation sites is 3. The lowest BCUT2D eigenvalue weighted by Gasteiger charge is -2.26. The molecule has 3 nitrogen and oxygen atoms in total. The van der Waals surface area contributed by atoms with Crippen LogP contribution in [0, 0.1) is 0 Å². The Morgan fingerprint density at radius 2 is 0.789 bits per heavy atom. The molecular formula is C54H36N2O. The zero-order valence-corrected chi connectivity index (χ0v) is 31.1. The van der Waals surface area contributed by atoms with Crippen molar-refractivity contribution in [1.82, 2.24) is 4.57 Å². The topological polar surface area (TPSA) is 21.3 Å². The smallest absolute Gasteiger partial charge is 0.160 e. The molecule has 2 heterocycles. The standard InChI is InChI=1S/C54H36N2O/c1-4-14-37(15-5-1)39-24-26-40(27-25-39)42-30-34-45(35-31-42)55(44-32-28-41(29-33-44)38-16-6-2-7-17-38)50-36-49-52(53-47-21-11-13-23-51(47)57-54(50)53)46-20-10-12-22-48(46)56(49)43-18-8-3-9-19-43/h1-36H. The van der Waals surface area contributed by atoms with Crippen LogP contribution in [0.25, 0.3) is 82.8 Å². The molecule has 0 bridgehead atoms. The third kappa shape index (κ3) is 5.60. The van der Waals surface area contributed by atoms with E-state index in [1.807, 2.05) is 0 Å². The SMILES string of the molecule is c1ccc(-c2ccc(-c3ccc(N(c4ccc(-c5ccccc5)cc4)c4cc5c(c6ccccc6n5-c5ccccc5)c5c4oc4ccccc45)cc3)cc2)cc1. The van der Waals surface area contributed by atoms with Gasteiger partial charge in [0.05, 0.1) is 16.7 Å². The highest BCUT2D eigenvalue weighted by molar-refractivity contribution is 6.30. The summed E-state index contributed by atoms with van der Waals surface area (Å²) in [5.74, 6) is 0. The molecule has 11 rings (SSSR count). The van der Waals surface area contributed by atoms with Crippen molar-refractivity contribution >= 4 is 60.8 Å². The summed E-state index contributed by atoms with van der Waals surface area (Å²) in [5, 5.41) is 4.60. The summed E-state index contributed by atoms with van der Waals surface area (Å²) in [5.41, 5.74) is 15.3. The van der Waals surface area contributed by atoms with Crippen LogP contribution >= 0.6 is 0 Å². The molecule has 0 N–H and O–H groups in total. The van der Waals surface area contributed by atoms with Crippen LogP contribution in [0.2, 0.25) is 0 Å². The summed E-state index contributed by atoms with van der Waals surface area (Å²) in [4.78, 5) is 2.36. The van der Waals surface area contributed by atoms with E-state index < -0.39 is 0 Å². The molecule has 0 saturated heterocycles. The molecule has 0 amide bonds. The van der Waals surface area contributed by atoms with Gasteiger partial charge >= 0.3 is 0 Å². The Bertz CT molecular complexity index is 3180. The summed E-state index contributed by atoms with van der Waals surface area (Å²) < 4.78 is 9.36. The van der Waals surface area contributed by atoms with Crippen molar-refractivity contribution < 1.29 is 4.42 Å². The van der Waals surface area contributed by atoms with Gasteiger partial charge in [0.2, 0.25) is 0 Å². The number of aromatic nitrogens is 1. The average molecular weight is 729 g/mol. The van der Waals surface area contributed by atoms with Gasteiger partial charge in [-0.25, -0.2) is 0 Å². The highest BCUT2D eigenvalue weighted by atomic mass is 16.3. The van der Waals surface area contributed by atoms with Crippen molar-refractivity contribution in [2.75, 3.05) is 4.90 Å². The van der Waals surface area contributed by atoms with E-state index in [0.717, 1.165) is 61.3 Å². The Kier molecular flexibility index (Phi) is 7.82. The lowest BCUT2D eigenvalue weighted by atomic mass is 9.99. The molecule has 268 valence electrons. The van der Waals surface area contributed by atoms with Crippen LogP contribution in [0.3, 0.4) is 0 Å². The van der Waals surface area contributed by atoms with Crippen LogP contribution in [0.15, 0.2) is 223 Å². The lowest BCUT2D eigenvalue weighted by Crippen LogP contribution is -2.10. The van der Waals surface area contributed by atoms with Gasteiger partial charge in [-0.15, -0.1) is 0 Å². The van der Waals surface area contributed by atoms with Crippen LogP contribution in [0.5, 0.6) is 0 Å². The van der Waals surface area contributed by atoms with E-state index in [-0.39, 0.29) is 0 Å². The monoisotopic (exact) mass is 728 g/mol. The third-order valence-electron chi connectivity index (χ3n) is 11.2. The Balaban J connectivity index is 1.14. The van der Waals surface area contributed by atoms with E-state index in [1.165, 1.54) is 38.6 Å². The molecule has 0 saturated carbocycles. The molecule has 9 aromatic carbocycles. The number of benzene rings is 9. The van der Waals surface area contributed by atoms with Crippen LogP contribution in [0.1, 0.15) is 0 Å². The molecule has 0 unspecified atom stereocenters. The highest BCUT2D eigenvalue weighted by Crippen LogP contribution is 2.48. The van der Waals surface area contributed by atoms with Gasteiger partial charge in [-0.3, -0.25) is 0 Å².